The normalized spacial score (nSPS) is 18.4. The van der Waals surface area contributed by atoms with E-state index in [1.54, 1.807) is 14.2 Å². The van der Waals surface area contributed by atoms with Gasteiger partial charge in [0.15, 0.2) is 0 Å². The van der Waals surface area contributed by atoms with E-state index in [1.807, 2.05) is 24.4 Å². The lowest BCUT2D eigenvalue weighted by Crippen LogP contribution is -2.22. The number of aromatic nitrogens is 1. The number of pyridine rings is 1. The number of hydrogen-bond donors (Lipinski definition) is 0. The van der Waals surface area contributed by atoms with Gasteiger partial charge >= 0.3 is 0 Å². The molecule has 4 heteroatoms. The molecule has 1 saturated heterocycles. The van der Waals surface area contributed by atoms with Crippen molar-refractivity contribution >= 4 is 0 Å². The van der Waals surface area contributed by atoms with E-state index in [4.69, 9.17) is 9.47 Å². The summed E-state index contributed by atoms with van der Waals surface area (Å²) in [4.78, 5) is 6.86. The first-order valence-corrected chi connectivity index (χ1v) is 7.67. The first-order valence-electron chi connectivity index (χ1n) is 7.67. The molecule has 2 heterocycles. The van der Waals surface area contributed by atoms with Crippen molar-refractivity contribution in [3.63, 3.8) is 0 Å². The minimum absolute atomic E-state index is 0.445. The van der Waals surface area contributed by atoms with Crippen molar-refractivity contribution in [1.82, 2.24) is 9.88 Å². The lowest BCUT2D eigenvalue weighted by Gasteiger charge is -2.24. The zero-order chi connectivity index (χ0) is 15.4. The summed E-state index contributed by atoms with van der Waals surface area (Å²) in [5.41, 5.74) is 2.58. The van der Waals surface area contributed by atoms with Gasteiger partial charge in [0.25, 0.3) is 0 Å². The Morgan fingerprint density at radius 3 is 2.55 bits per heavy atom. The lowest BCUT2D eigenvalue weighted by atomic mass is 10.1. The minimum Gasteiger partial charge on any atom is -0.497 e. The fourth-order valence-electron chi connectivity index (χ4n) is 3.07. The highest BCUT2D eigenvalue weighted by Gasteiger charge is 2.26. The molecule has 0 bridgehead atoms. The van der Waals surface area contributed by atoms with Crippen LogP contribution >= 0.6 is 0 Å². The van der Waals surface area contributed by atoms with E-state index in [0.29, 0.717) is 11.9 Å². The van der Waals surface area contributed by atoms with Gasteiger partial charge in [-0.1, -0.05) is 18.2 Å². The third-order valence-corrected chi connectivity index (χ3v) is 4.26. The van der Waals surface area contributed by atoms with Gasteiger partial charge in [0.2, 0.25) is 5.88 Å². The van der Waals surface area contributed by atoms with Crippen molar-refractivity contribution in [2.75, 3.05) is 20.8 Å². The van der Waals surface area contributed by atoms with Crippen LogP contribution in [0.25, 0.3) is 0 Å². The summed E-state index contributed by atoms with van der Waals surface area (Å²) in [6.07, 6.45) is 4.35. The van der Waals surface area contributed by atoms with E-state index >= 15 is 0 Å². The molecule has 0 spiro atoms. The molecular weight excluding hydrogens is 276 g/mol. The monoisotopic (exact) mass is 298 g/mol. The van der Waals surface area contributed by atoms with E-state index in [0.717, 1.165) is 18.8 Å². The number of methoxy groups -OCH3 is 2. The highest BCUT2D eigenvalue weighted by atomic mass is 16.5. The number of hydrogen-bond acceptors (Lipinski definition) is 4. The molecule has 3 rings (SSSR count). The molecule has 1 aliphatic rings. The summed E-state index contributed by atoms with van der Waals surface area (Å²) >= 11 is 0. The summed E-state index contributed by atoms with van der Waals surface area (Å²) in [6.45, 7) is 2.09. The largest absolute Gasteiger partial charge is 0.497 e. The Balaban J connectivity index is 1.71. The van der Waals surface area contributed by atoms with Gasteiger partial charge in [-0.05, 0) is 42.6 Å². The zero-order valence-electron chi connectivity index (χ0n) is 13.2. The van der Waals surface area contributed by atoms with Gasteiger partial charge in [0.05, 0.1) is 14.2 Å². The molecule has 4 nitrogen and oxygen atoms in total. The summed E-state index contributed by atoms with van der Waals surface area (Å²) < 4.78 is 10.4. The Morgan fingerprint density at radius 1 is 1.09 bits per heavy atom. The molecule has 0 amide bonds. The number of ether oxygens (including phenoxy) is 2. The van der Waals surface area contributed by atoms with Gasteiger partial charge in [-0.15, -0.1) is 0 Å². The molecule has 1 fully saturated rings. The third-order valence-electron chi connectivity index (χ3n) is 4.26. The lowest BCUT2D eigenvalue weighted by molar-refractivity contribution is 0.248. The number of rotatable bonds is 5. The predicted octanol–water partition coefficient (Wildman–Crippen LogP) is 3.44. The predicted molar refractivity (Wildman–Crippen MR) is 86.2 cm³/mol. The van der Waals surface area contributed by atoms with E-state index in [9.17, 15) is 0 Å². The molecule has 1 atom stereocenters. The van der Waals surface area contributed by atoms with E-state index in [-0.39, 0.29) is 0 Å². The van der Waals surface area contributed by atoms with Crippen LogP contribution in [0.3, 0.4) is 0 Å². The molecule has 1 aromatic heterocycles. The quantitative estimate of drug-likeness (QED) is 0.847. The second-order valence-electron chi connectivity index (χ2n) is 5.61. The van der Waals surface area contributed by atoms with Crippen molar-refractivity contribution in [3.05, 3.63) is 53.7 Å². The topological polar surface area (TPSA) is 34.6 Å². The first kappa shape index (κ1) is 14.9. The van der Waals surface area contributed by atoms with Gasteiger partial charge in [-0.25, -0.2) is 4.98 Å². The van der Waals surface area contributed by atoms with Crippen LogP contribution in [0.2, 0.25) is 0 Å². The van der Waals surface area contributed by atoms with Crippen LogP contribution in [0.1, 0.15) is 30.0 Å². The molecule has 0 aliphatic carbocycles. The second-order valence-corrected chi connectivity index (χ2v) is 5.61. The molecule has 0 radical (unpaired) electrons. The molecular formula is C18H22N2O2. The van der Waals surface area contributed by atoms with Gasteiger partial charge < -0.3 is 9.47 Å². The smallest absolute Gasteiger partial charge is 0.212 e. The van der Waals surface area contributed by atoms with Gasteiger partial charge in [-0.2, -0.15) is 0 Å². The molecule has 22 heavy (non-hydrogen) atoms. The Morgan fingerprint density at radius 2 is 1.91 bits per heavy atom. The first-order chi connectivity index (χ1) is 10.8. The molecule has 0 saturated carbocycles. The summed E-state index contributed by atoms with van der Waals surface area (Å²) in [5.74, 6) is 1.57. The maximum absolute atomic E-state index is 5.22. The average molecular weight is 298 g/mol. The Labute approximate surface area is 131 Å². The van der Waals surface area contributed by atoms with Crippen molar-refractivity contribution in [2.24, 2.45) is 0 Å². The van der Waals surface area contributed by atoms with Crippen molar-refractivity contribution < 1.29 is 9.47 Å². The van der Waals surface area contributed by atoms with Gasteiger partial charge in [-0.3, -0.25) is 4.90 Å². The molecule has 2 aromatic rings. The number of nitrogens with zero attached hydrogens (tertiary/aromatic N) is 2. The average Bonchev–Trinajstić information content (AvgIpc) is 3.04. The molecule has 1 unspecified atom stereocenters. The van der Waals surface area contributed by atoms with Crippen molar-refractivity contribution in [2.45, 2.75) is 25.4 Å². The summed E-state index contributed by atoms with van der Waals surface area (Å²) in [7, 11) is 3.34. The van der Waals surface area contributed by atoms with Crippen LogP contribution in [0, 0.1) is 0 Å². The SMILES string of the molecule is COc1ccc(CN2CCCC2c2ccc(OC)nc2)cc1. The zero-order valence-corrected chi connectivity index (χ0v) is 13.2. The van der Waals surface area contributed by atoms with Crippen LogP contribution in [0.4, 0.5) is 0 Å². The fourth-order valence-corrected chi connectivity index (χ4v) is 3.07. The second kappa shape index (κ2) is 6.79. The van der Waals surface area contributed by atoms with Gasteiger partial charge in [0.1, 0.15) is 5.75 Å². The van der Waals surface area contributed by atoms with Crippen LogP contribution in [0.15, 0.2) is 42.6 Å². The highest BCUT2D eigenvalue weighted by Crippen LogP contribution is 2.33. The summed E-state index contributed by atoms with van der Waals surface area (Å²) in [5, 5.41) is 0. The fraction of sp³-hybridized carbons (Fsp3) is 0.389. The Kier molecular flexibility index (Phi) is 4.59. The van der Waals surface area contributed by atoms with Gasteiger partial charge in [0, 0.05) is 24.8 Å². The Bertz CT molecular complexity index is 595. The number of benzene rings is 1. The molecule has 1 aliphatic heterocycles. The van der Waals surface area contributed by atoms with Crippen LogP contribution in [-0.2, 0) is 6.54 Å². The highest BCUT2D eigenvalue weighted by molar-refractivity contribution is 5.28. The maximum Gasteiger partial charge on any atom is 0.212 e. The van der Waals surface area contributed by atoms with Crippen LogP contribution in [0.5, 0.6) is 11.6 Å². The molecule has 1 aromatic carbocycles. The van der Waals surface area contributed by atoms with E-state index in [2.05, 4.69) is 28.1 Å². The third kappa shape index (κ3) is 3.22. The van der Waals surface area contributed by atoms with Crippen molar-refractivity contribution in [1.29, 1.82) is 0 Å². The van der Waals surface area contributed by atoms with Crippen LogP contribution < -0.4 is 9.47 Å². The standard InChI is InChI=1S/C18H22N2O2/c1-21-16-8-5-14(6-9-16)13-20-11-3-4-17(20)15-7-10-18(22-2)19-12-15/h5-10,12,17H,3-4,11,13H2,1-2H3. The van der Waals surface area contributed by atoms with Crippen molar-refractivity contribution in [3.8, 4) is 11.6 Å². The molecule has 116 valence electrons. The molecule has 0 N–H and O–H groups in total. The number of likely N-dealkylation sites (tertiary alicyclic amines) is 1. The Hall–Kier alpha value is -2.07. The summed E-state index contributed by atoms with van der Waals surface area (Å²) in [6, 6.07) is 12.8. The minimum atomic E-state index is 0.445. The van der Waals surface area contributed by atoms with E-state index < -0.39 is 0 Å². The van der Waals surface area contributed by atoms with Crippen LogP contribution in [-0.4, -0.2) is 30.6 Å². The van der Waals surface area contributed by atoms with E-state index in [1.165, 1.54) is 24.0 Å². The maximum atomic E-state index is 5.22.